The van der Waals surface area contributed by atoms with E-state index in [1.165, 1.54) is 27.5 Å². The molecule has 24 heavy (non-hydrogen) atoms. The lowest BCUT2D eigenvalue weighted by Crippen LogP contribution is -2.26. The largest absolute Gasteiger partial charge is 0.343 e. The first kappa shape index (κ1) is 17.1. The fourth-order valence-electron chi connectivity index (χ4n) is 2.11. The van der Waals surface area contributed by atoms with Crippen LogP contribution in [0.2, 0.25) is 0 Å². The Labute approximate surface area is 137 Å². The topological polar surface area (TPSA) is 128 Å². The number of aromatic nitrogens is 4. The van der Waals surface area contributed by atoms with E-state index in [1.54, 1.807) is 21.0 Å². The van der Waals surface area contributed by atoms with Gasteiger partial charge >= 0.3 is 5.69 Å². The van der Waals surface area contributed by atoms with Gasteiger partial charge in [-0.25, -0.2) is 0 Å². The van der Waals surface area contributed by atoms with Gasteiger partial charge in [0.05, 0.1) is 16.8 Å². The second-order valence-electron chi connectivity index (χ2n) is 5.17. The van der Waals surface area contributed by atoms with Crippen molar-refractivity contribution in [3.63, 3.8) is 0 Å². The Morgan fingerprint density at radius 2 is 2.08 bits per heavy atom. The van der Waals surface area contributed by atoms with Crippen LogP contribution in [0.4, 0.5) is 11.4 Å². The van der Waals surface area contributed by atoms with Crippen LogP contribution in [0, 0.1) is 10.1 Å². The highest BCUT2D eigenvalue weighted by Gasteiger charge is 2.27. The van der Waals surface area contributed by atoms with Gasteiger partial charge in [-0.3, -0.25) is 29.1 Å². The molecule has 1 N–H and O–H groups in total. The number of nitrogens with zero attached hydrogens (tertiary/aromatic N) is 6. The molecule has 0 radical (unpaired) electrons. The molecule has 0 aliphatic carbocycles. The van der Waals surface area contributed by atoms with Gasteiger partial charge in [-0.05, 0) is 6.92 Å². The van der Waals surface area contributed by atoms with Crippen LogP contribution < -0.4 is 5.32 Å². The van der Waals surface area contributed by atoms with Crippen molar-refractivity contribution < 1.29 is 14.5 Å². The Morgan fingerprint density at radius 3 is 2.62 bits per heavy atom. The lowest BCUT2D eigenvalue weighted by atomic mass is 10.3. The van der Waals surface area contributed by atoms with Crippen molar-refractivity contribution in [2.75, 3.05) is 19.4 Å². The first-order valence-corrected chi connectivity index (χ1v) is 7.03. The van der Waals surface area contributed by atoms with E-state index in [1.807, 2.05) is 0 Å². The first-order valence-electron chi connectivity index (χ1n) is 7.03. The Balaban J connectivity index is 2.38. The summed E-state index contributed by atoms with van der Waals surface area (Å²) in [7, 11) is 4.62. The number of aryl methyl sites for hydroxylation is 2. The van der Waals surface area contributed by atoms with E-state index in [9.17, 15) is 19.7 Å². The SMILES string of the molecule is CCn1ncc(NC(=O)c2nn(C)cc2[N+](=O)[O-])c1C(=O)N(C)C. The molecule has 128 valence electrons. The van der Waals surface area contributed by atoms with Crippen LogP contribution in [-0.4, -0.2) is 55.3 Å². The summed E-state index contributed by atoms with van der Waals surface area (Å²) in [6.07, 6.45) is 2.46. The predicted molar refractivity (Wildman–Crippen MR) is 83.7 cm³/mol. The smallest absolute Gasteiger partial charge is 0.320 e. The maximum Gasteiger partial charge on any atom is 0.320 e. The lowest BCUT2D eigenvalue weighted by molar-refractivity contribution is -0.385. The Bertz CT molecular complexity index is 805. The van der Waals surface area contributed by atoms with Crippen molar-refractivity contribution in [1.82, 2.24) is 24.5 Å². The monoisotopic (exact) mass is 335 g/mol. The van der Waals surface area contributed by atoms with Gasteiger partial charge in [0.15, 0.2) is 0 Å². The van der Waals surface area contributed by atoms with Crippen LogP contribution in [0.15, 0.2) is 12.4 Å². The molecule has 2 heterocycles. The number of anilines is 1. The van der Waals surface area contributed by atoms with E-state index in [4.69, 9.17) is 0 Å². The normalized spacial score (nSPS) is 10.5. The molecule has 0 saturated carbocycles. The standard InChI is InChI=1S/C13H17N7O4/c1-5-19-11(13(22)17(2)3)8(6-14-19)15-12(21)10-9(20(23)24)7-18(4)16-10/h6-7H,5H2,1-4H3,(H,15,21). The number of hydrogen-bond donors (Lipinski definition) is 1. The second kappa shape index (κ2) is 6.48. The van der Waals surface area contributed by atoms with E-state index in [2.05, 4.69) is 15.5 Å². The van der Waals surface area contributed by atoms with Crippen LogP contribution in [0.3, 0.4) is 0 Å². The van der Waals surface area contributed by atoms with E-state index in [0.29, 0.717) is 6.54 Å². The summed E-state index contributed by atoms with van der Waals surface area (Å²) in [5, 5.41) is 21.3. The molecule has 11 nitrogen and oxygen atoms in total. The van der Waals surface area contributed by atoms with Crippen molar-refractivity contribution in [2.24, 2.45) is 7.05 Å². The summed E-state index contributed by atoms with van der Waals surface area (Å²) < 4.78 is 2.61. The highest BCUT2D eigenvalue weighted by atomic mass is 16.6. The Kier molecular flexibility index (Phi) is 4.62. The van der Waals surface area contributed by atoms with Crippen LogP contribution in [0.5, 0.6) is 0 Å². The van der Waals surface area contributed by atoms with Crippen LogP contribution in [-0.2, 0) is 13.6 Å². The van der Waals surface area contributed by atoms with E-state index >= 15 is 0 Å². The van der Waals surface area contributed by atoms with Crippen LogP contribution in [0.1, 0.15) is 27.9 Å². The minimum atomic E-state index is -0.786. The Hall–Kier alpha value is -3.24. The minimum absolute atomic E-state index is 0.167. The van der Waals surface area contributed by atoms with E-state index in [0.717, 1.165) is 6.20 Å². The average Bonchev–Trinajstić information content (AvgIpc) is 3.09. The molecule has 0 spiro atoms. The number of rotatable bonds is 5. The van der Waals surface area contributed by atoms with Crippen molar-refractivity contribution in [1.29, 1.82) is 0 Å². The minimum Gasteiger partial charge on any atom is -0.343 e. The zero-order valence-electron chi connectivity index (χ0n) is 13.7. The molecule has 0 aliphatic heterocycles. The number of carbonyl (C=O) groups excluding carboxylic acids is 2. The summed E-state index contributed by atoms with van der Waals surface area (Å²) in [4.78, 5) is 36.3. The van der Waals surface area contributed by atoms with Gasteiger partial charge < -0.3 is 10.2 Å². The summed E-state index contributed by atoms with van der Waals surface area (Å²) in [6.45, 7) is 2.23. The molecule has 0 aromatic carbocycles. The lowest BCUT2D eigenvalue weighted by Gasteiger charge is -2.13. The molecule has 0 fully saturated rings. The second-order valence-corrected chi connectivity index (χ2v) is 5.17. The highest BCUT2D eigenvalue weighted by molar-refractivity contribution is 6.09. The van der Waals surface area contributed by atoms with Gasteiger partial charge in [0.1, 0.15) is 11.9 Å². The van der Waals surface area contributed by atoms with Crippen molar-refractivity contribution in [3.8, 4) is 0 Å². The molecule has 0 bridgehead atoms. The summed E-state index contributed by atoms with van der Waals surface area (Å²) in [6, 6.07) is 0. The zero-order valence-corrected chi connectivity index (χ0v) is 13.7. The predicted octanol–water partition coefficient (Wildman–Crippen LogP) is 0.499. The van der Waals surface area contributed by atoms with E-state index < -0.39 is 16.5 Å². The Morgan fingerprint density at radius 1 is 1.42 bits per heavy atom. The maximum absolute atomic E-state index is 12.3. The van der Waals surface area contributed by atoms with Gasteiger partial charge in [-0.15, -0.1) is 0 Å². The first-order chi connectivity index (χ1) is 11.3. The average molecular weight is 335 g/mol. The summed E-state index contributed by atoms with van der Waals surface area (Å²) in [5.74, 6) is -1.13. The molecule has 11 heteroatoms. The number of nitro groups is 1. The quantitative estimate of drug-likeness (QED) is 0.626. The van der Waals surface area contributed by atoms with Gasteiger partial charge in [0.25, 0.3) is 11.8 Å². The third-order valence-corrected chi connectivity index (χ3v) is 3.22. The van der Waals surface area contributed by atoms with Gasteiger partial charge in [-0.1, -0.05) is 0 Å². The zero-order chi connectivity index (χ0) is 18.0. The highest BCUT2D eigenvalue weighted by Crippen LogP contribution is 2.21. The number of nitrogens with one attached hydrogen (secondary N) is 1. The van der Waals surface area contributed by atoms with Crippen molar-refractivity contribution in [2.45, 2.75) is 13.5 Å². The van der Waals surface area contributed by atoms with Crippen LogP contribution in [0.25, 0.3) is 0 Å². The summed E-state index contributed by atoms with van der Waals surface area (Å²) >= 11 is 0. The molecule has 2 aromatic heterocycles. The third kappa shape index (κ3) is 3.09. The molecule has 0 aliphatic rings. The van der Waals surface area contributed by atoms with Gasteiger partial charge in [0.2, 0.25) is 5.69 Å². The molecule has 0 atom stereocenters. The summed E-state index contributed by atoms with van der Waals surface area (Å²) in [5.41, 5.74) is -0.400. The molecular weight excluding hydrogens is 318 g/mol. The fraction of sp³-hybridized carbons (Fsp3) is 0.385. The number of hydrogen-bond acceptors (Lipinski definition) is 6. The number of carbonyl (C=O) groups is 2. The third-order valence-electron chi connectivity index (χ3n) is 3.22. The molecular formula is C13H17N7O4. The van der Waals surface area contributed by atoms with Crippen molar-refractivity contribution in [3.05, 3.63) is 33.9 Å². The molecule has 2 rings (SSSR count). The number of amides is 2. The molecule has 0 unspecified atom stereocenters. The molecule has 2 amide bonds. The molecule has 0 saturated heterocycles. The van der Waals surface area contributed by atoms with E-state index in [-0.39, 0.29) is 23.0 Å². The maximum atomic E-state index is 12.3. The van der Waals surface area contributed by atoms with Gasteiger partial charge in [0, 0.05) is 27.7 Å². The van der Waals surface area contributed by atoms with Crippen LogP contribution >= 0.6 is 0 Å². The van der Waals surface area contributed by atoms with Crippen molar-refractivity contribution >= 4 is 23.2 Å². The fourth-order valence-corrected chi connectivity index (χ4v) is 2.11. The van der Waals surface area contributed by atoms with Gasteiger partial charge in [-0.2, -0.15) is 10.2 Å². The molecule has 2 aromatic rings.